The van der Waals surface area contributed by atoms with Crippen molar-refractivity contribution in [2.45, 2.75) is 26.2 Å². The van der Waals surface area contributed by atoms with Crippen molar-refractivity contribution in [2.75, 3.05) is 24.2 Å². The molecule has 0 aromatic carbocycles. The minimum atomic E-state index is 0.648. The van der Waals surface area contributed by atoms with Crippen LogP contribution in [0.15, 0.2) is 10.7 Å². The summed E-state index contributed by atoms with van der Waals surface area (Å²) in [7, 11) is 1.83. The van der Waals surface area contributed by atoms with Gasteiger partial charge in [-0.2, -0.15) is 4.98 Å². The van der Waals surface area contributed by atoms with E-state index in [1.165, 1.54) is 19.3 Å². The van der Waals surface area contributed by atoms with Crippen LogP contribution < -0.4 is 10.6 Å². The number of rotatable bonds is 4. The molecule has 2 N–H and O–H groups in total. The fourth-order valence-electron chi connectivity index (χ4n) is 2.36. The molecule has 2 unspecified atom stereocenters. The minimum Gasteiger partial charge on any atom is -0.369 e. The fourth-order valence-corrected chi connectivity index (χ4v) is 2.70. The maximum Gasteiger partial charge on any atom is 0.224 e. The maximum absolute atomic E-state index is 4.40. The largest absolute Gasteiger partial charge is 0.369 e. The third-order valence-corrected chi connectivity index (χ3v) is 4.12. The summed E-state index contributed by atoms with van der Waals surface area (Å²) < 4.78 is 0.919. The molecule has 2 rings (SSSR count). The van der Waals surface area contributed by atoms with Crippen molar-refractivity contribution in [2.24, 2.45) is 11.8 Å². The zero-order valence-corrected chi connectivity index (χ0v) is 11.9. The van der Waals surface area contributed by atoms with E-state index in [4.69, 9.17) is 0 Å². The Bertz CT molecular complexity index is 383. The maximum atomic E-state index is 4.40. The predicted molar refractivity (Wildman–Crippen MR) is 74.3 cm³/mol. The number of hydrogen-bond acceptors (Lipinski definition) is 4. The molecule has 2 atom stereocenters. The van der Waals surface area contributed by atoms with Crippen LogP contribution in [-0.4, -0.2) is 23.6 Å². The van der Waals surface area contributed by atoms with Gasteiger partial charge >= 0.3 is 0 Å². The molecule has 1 aliphatic rings. The van der Waals surface area contributed by atoms with E-state index in [-0.39, 0.29) is 0 Å². The number of halogens is 1. The highest BCUT2D eigenvalue weighted by atomic mass is 79.9. The van der Waals surface area contributed by atoms with Crippen molar-refractivity contribution < 1.29 is 0 Å². The standard InChI is InChI=1S/C12H19BrN4/c1-8-4-3-5-9(8)6-15-11-10(13)7-16-12(14-2)17-11/h7-9H,3-6H2,1-2H3,(H2,14,15,16,17). The van der Waals surface area contributed by atoms with Gasteiger partial charge in [0.25, 0.3) is 0 Å². The van der Waals surface area contributed by atoms with Crippen LogP contribution in [0.4, 0.5) is 11.8 Å². The summed E-state index contributed by atoms with van der Waals surface area (Å²) >= 11 is 3.47. The van der Waals surface area contributed by atoms with Gasteiger partial charge in [0, 0.05) is 19.8 Å². The topological polar surface area (TPSA) is 49.8 Å². The third kappa shape index (κ3) is 3.09. The van der Waals surface area contributed by atoms with Crippen LogP contribution in [0.2, 0.25) is 0 Å². The van der Waals surface area contributed by atoms with E-state index in [1.807, 2.05) is 7.05 Å². The lowest BCUT2D eigenvalue weighted by atomic mass is 9.98. The Morgan fingerprint density at radius 2 is 2.29 bits per heavy atom. The second-order valence-corrected chi connectivity index (χ2v) is 5.54. The minimum absolute atomic E-state index is 0.648. The van der Waals surface area contributed by atoms with E-state index in [9.17, 15) is 0 Å². The Kier molecular flexibility index (Phi) is 4.20. The molecule has 0 bridgehead atoms. The average Bonchev–Trinajstić information content (AvgIpc) is 2.74. The van der Waals surface area contributed by atoms with E-state index >= 15 is 0 Å². The van der Waals surface area contributed by atoms with Crippen molar-refractivity contribution in [3.8, 4) is 0 Å². The van der Waals surface area contributed by atoms with Crippen molar-refractivity contribution in [3.05, 3.63) is 10.7 Å². The summed E-state index contributed by atoms with van der Waals surface area (Å²) in [5.41, 5.74) is 0. The van der Waals surface area contributed by atoms with Crippen molar-refractivity contribution in [1.29, 1.82) is 0 Å². The number of anilines is 2. The van der Waals surface area contributed by atoms with Crippen LogP contribution in [0.3, 0.4) is 0 Å². The van der Waals surface area contributed by atoms with Crippen LogP contribution in [0.1, 0.15) is 26.2 Å². The van der Waals surface area contributed by atoms with Gasteiger partial charge in [-0.15, -0.1) is 0 Å². The Labute approximate surface area is 111 Å². The molecule has 5 heteroatoms. The van der Waals surface area contributed by atoms with E-state index < -0.39 is 0 Å². The first-order valence-corrected chi connectivity index (χ1v) is 6.94. The molecule has 4 nitrogen and oxygen atoms in total. The molecule has 1 heterocycles. The first-order chi connectivity index (χ1) is 8.20. The second kappa shape index (κ2) is 5.67. The first-order valence-electron chi connectivity index (χ1n) is 6.15. The summed E-state index contributed by atoms with van der Waals surface area (Å²) in [5.74, 6) is 3.13. The van der Waals surface area contributed by atoms with Gasteiger partial charge in [0.2, 0.25) is 5.95 Å². The van der Waals surface area contributed by atoms with Gasteiger partial charge < -0.3 is 10.6 Å². The third-order valence-electron chi connectivity index (χ3n) is 3.54. The smallest absolute Gasteiger partial charge is 0.224 e. The first kappa shape index (κ1) is 12.6. The van der Waals surface area contributed by atoms with Crippen molar-refractivity contribution >= 4 is 27.7 Å². The zero-order chi connectivity index (χ0) is 12.3. The normalized spacial score (nSPS) is 23.7. The van der Waals surface area contributed by atoms with Gasteiger partial charge in [0.15, 0.2) is 0 Å². The van der Waals surface area contributed by atoms with Crippen LogP contribution in [0.5, 0.6) is 0 Å². The monoisotopic (exact) mass is 298 g/mol. The lowest BCUT2D eigenvalue weighted by Crippen LogP contribution is -2.17. The van der Waals surface area contributed by atoms with Gasteiger partial charge in [0.1, 0.15) is 5.82 Å². The second-order valence-electron chi connectivity index (χ2n) is 4.69. The van der Waals surface area contributed by atoms with Gasteiger partial charge in [-0.25, -0.2) is 4.98 Å². The molecule has 0 saturated heterocycles. The number of aromatic nitrogens is 2. The van der Waals surface area contributed by atoms with E-state index in [1.54, 1.807) is 6.20 Å². The lowest BCUT2D eigenvalue weighted by Gasteiger charge is -2.17. The van der Waals surface area contributed by atoms with Crippen LogP contribution in [0.25, 0.3) is 0 Å². The number of hydrogen-bond donors (Lipinski definition) is 2. The van der Waals surface area contributed by atoms with Gasteiger partial charge in [0.05, 0.1) is 4.47 Å². The predicted octanol–water partition coefficient (Wildman–Crippen LogP) is 3.13. The number of nitrogens with one attached hydrogen (secondary N) is 2. The Morgan fingerprint density at radius 3 is 2.94 bits per heavy atom. The molecule has 1 aromatic heterocycles. The summed E-state index contributed by atoms with van der Waals surface area (Å²) in [4.78, 5) is 8.54. The van der Waals surface area contributed by atoms with Crippen LogP contribution >= 0.6 is 15.9 Å². The molecular formula is C12H19BrN4. The Hall–Kier alpha value is -0.840. The fraction of sp³-hybridized carbons (Fsp3) is 0.667. The molecule has 94 valence electrons. The Morgan fingerprint density at radius 1 is 1.47 bits per heavy atom. The molecule has 0 radical (unpaired) electrons. The van der Waals surface area contributed by atoms with Gasteiger partial charge in [-0.05, 0) is 34.2 Å². The van der Waals surface area contributed by atoms with Gasteiger partial charge in [-0.3, -0.25) is 0 Å². The quantitative estimate of drug-likeness (QED) is 0.897. The molecule has 1 fully saturated rings. The van der Waals surface area contributed by atoms with Crippen molar-refractivity contribution in [1.82, 2.24) is 9.97 Å². The van der Waals surface area contributed by atoms with Crippen LogP contribution in [0, 0.1) is 11.8 Å². The van der Waals surface area contributed by atoms with E-state index in [2.05, 4.69) is 43.5 Å². The highest BCUT2D eigenvalue weighted by molar-refractivity contribution is 9.10. The molecule has 1 aromatic rings. The van der Waals surface area contributed by atoms with Crippen LogP contribution in [-0.2, 0) is 0 Å². The molecular weight excluding hydrogens is 280 g/mol. The number of nitrogens with zero attached hydrogens (tertiary/aromatic N) is 2. The molecule has 0 amide bonds. The summed E-state index contributed by atoms with van der Waals surface area (Å²) in [6, 6.07) is 0. The highest BCUT2D eigenvalue weighted by Crippen LogP contribution is 2.31. The highest BCUT2D eigenvalue weighted by Gasteiger charge is 2.23. The lowest BCUT2D eigenvalue weighted by molar-refractivity contribution is 0.439. The van der Waals surface area contributed by atoms with E-state index in [0.717, 1.165) is 28.7 Å². The van der Waals surface area contributed by atoms with Gasteiger partial charge in [-0.1, -0.05) is 19.8 Å². The summed E-state index contributed by atoms with van der Waals surface area (Å²) in [6.07, 6.45) is 5.83. The molecule has 0 spiro atoms. The molecule has 17 heavy (non-hydrogen) atoms. The Balaban J connectivity index is 1.98. The molecule has 0 aliphatic heterocycles. The molecule has 1 saturated carbocycles. The van der Waals surface area contributed by atoms with Crippen molar-refractivity contribution in [3.63, 3.8) is 0 Å². The summed E-state index contributed by atoms with van der Waals surface area (Å²) in [5, 5.41) is 6.37. The average molecular weight is 299 g/mol. The van der Waals surface area contributed by atoms with E-state index in [0.29, 0.717) is 5.95 Å². The molecule has 1 aliphatic carbocycles. The summed E-state index contributed by atoms with van der Waals surface area (Å²) in [6.45, 7) is 3.34. The zero-order valence-electron chi connectivity index (χ0n) is 10.3. The SMILES string of the molecule is CNc1ncc(Br)c(NCC2CCCC2C)n1.